The number of carbonyl (C=O) groups excluding carboxylic acids is 1. The van der Waals surface area contributed by atoms with Gasteiger partial charge in [-0.2, -0.15) is 0 Å². The van der Waals surface area contributed by atoms with Gasteiger partial charge in [-0.15, -0.1) is 11.8 Å². The Hall–Kier alpha value is -1.74. The molecule has 0 aromatic heterocycles. The van der Waals surface area contributed by atoms with Crippen molar-refractivity contribution in [3.8, 4) is 0 Å². The molecule has 0 unspecified atom stereocenters. The molecule has 1 fully saturated rings. The lowest BCUT2D eigenvalue weighted by atomic mass is 10.0. The van der Waals surface area contributed by atoms with Crippen LogP contribution in [0.4, 0.5) is 0 Å². The zero-order valence-electron chi connectivity index (χ0n) is 11.3. The average molecular weight is 284 g/mol. The SMILES string of the molecule is C[C@@]1(Sc2ccccc2)C[C@H](c2ccccc2)OC1=O. The molecular formula is C17H16O2S. The Morgan fingerprint density at radius 3 is 2.30 bits per heavy atom. The molecule has 1 aliphatic rings. The van der Waals surface area contributed by atoms with Gasteiger partial charge < -0.3 is 4.74 Å². The van der Waals surface area contributed by atoms with E-state index in [0.717, 1.165) is 10.5 Å². The van der Waals surface area contributed by atoms with Gasteiger partial charge in [0.15, 0.2) is 0 Å². The highest BCUT2D eigenvalue weighted by molar-refractivity contribution is 8.01. The number of hydrogen-bond acceptors (Lipinski definition) is 3. The summed E-state index contributed by atoms with van der Waals surface area (Å²) in [5, 5.41) is 0. The zero-order chi connectivity index (χ0) is 14.0. The van der Waals surface area contributed by atoms with Crippen LogP contribution in [-0.4, -0.2) is 10.7 Å². The molecule has 1 heterocycles. The van der Waals surface area contributed by atoms with Crippen molar-refractivity contribution in [3.63, 3.8) is 0 Å². The van der Waals surface area contributed by atoms with Crippen LogP contribution in [0.1, 0.15) is 25.0 Å². The molecule has 2 aromatic rings. The number of thioether (sulfide) groups is 1. The lowest BCUT2D eigenvalue weighted by Gasteiger charge is -2.18. The van der Waals surface area contributed by atoms with Gasteiger partial charge in [0.2, 0.25) is 0 Å². The molecule has 0 saturated carbocycles. The molecule has 20 heavy (non-hydrogen) atoms. The third-order valence-corrected chi connectivity index (χ3v) is 4.81. The predicted octanol–water partition coefficient (Wildman–Crippen LogP) is 4.23. The Balaban J connectivity index is 1.79. The van der Waals surface area contributed by atoms with E-state index < -0.39 is 4.75 Å². The Morgan fingerprint density at radius 2 is 1.65 bits per heavy atom. The second kappa shape index (κ2) is 5.33. The number of benzene rings is 2. The van der Waals surface area contributed by atoms with E-state index in [9.17, 15) is 4.79 Å². The third-order valence-electron chi connectivity index (χ3n) is 3.51. The van der Waals surface area contributed by atoms with Crippen LogP contribution in [-0.2, 0) is 9.53 Å². The summed E-state index contributed by atoms with van der Waals surface area (Å²) in [6.45, 7) is 1.97. The zero-order valence-corrected chi connectivity index (χ0v) is 12.1. The van der Waals surface area contributed by atoms with Crippen LogP contribution in [0, 0.1) is 0 Å². The second-order valence-electron chi connectivity index (χ2n) is 5.15. The highest BCUT2D eigenvalue weighted by Crippen LogP contribution is 2.46. The smallest absolute Gasteiger partial charge is 0.323 e. The maximum Gasteiger partial charge on any atom is 0.323 e. The lowest BCUT2D eigenvalue weighted by molar-refractivity contribution is -0.143. The van der Waals surface area contributed by atoms with Crippen LogP contribution in [0.5, 0.6) is 0 Å². The van der Waals surface area contributed by atoms with Gasteiger partial charge in [-0.05, 0) is 24.6 Å². The molecule has 1 saturated heterocycles. The van der Waals surface area contributed by atoms with Gasteiger partial charge in [-0.1, -0.05) is 48.5 Å². The van der Waals surface area contributed by atoms with Crippen LogP contribution in [0.15, 0.2) is 65.6 Å². The van der Waals surface area contributed by atoms with E-state index in [-0.39, 0.29) is 12.1 Å². The van der Waals surface area contributed by atoms with Crippen molar-refractivity contribution in [2.45, 2.75) is 29.1 Å². The fraction of sp³-hybridized carbons (Fsp3) is 0.235. The molecule has 0 N–H and O–H groups in total. The first-order valence-electron chi connectivity index (χ1n) is 6.67. The minimum absolute atomic E-state index is 0.125. The van der Waals surface area contributed by atoms with E-state index >= 15 is 0 Å². The lowest BCUT2D eigenvalue weighted by Crippen LogP contribution is -2.25. The van der Waals surface area contributed by atoms with Gasteiger partial charge in [0.25, 0.3) is 0 Å². The van der Waals surface area contributed by atoms with Crippen molar-refractivity contribution >= 4 is 17.7 Å². The van der Waals surface area contributed by atoms with E-state index in [0.29, 0.717) is 6.42 Å². The van der Waals surface area contributed by atoms with E-state index in [4.69, 9.17) is 4.74 Å². The number of ether oxygens (including phenoxy) is 1. The Labute approximate surface area is 123 Å². The molecule has 1 aliphatic heterocycles. The van der Waals surface area contributed by atoms with Crippen LogP contribution in [0.25, 0.3) is 0 Å². The largest absolute Gasteiger partial charge is 0.456 e. The maximum absolute atomic E-state index is 12.2. The summed E-state index contributed by atoms with van der Waals surface area (Å²) < 4.78 is 5.06. The number of carbonyl (C=O) groups is 1. The summed E-state index contributed by atoms with van der Waals surface area (Å²) in [6.07, 6.45) is 0.569. The van der Waals surface area contributed by atoms with Crippen molar-refractivity contribution in [2.24, 2.45) is 0 Å². The Kier molecular flexibility index (Phi) is 3.53. The fourth-order valence-electron chi connectivity index (χ4n) is 2.42. The van der Waals surface area contributed by atoms with Gasteiger partial charge in [0.1, 0.15) is 10.9 Å². The van der Waals surface area contributed by atoms with Crippen molar-refractivity contribution in [1.82, 2.24) is 0 Å². The number of hydrogen-bond donors (Lipinski definition) is 0. The van der Waals surface area contributed by atoms with Crippen molar-refractivity contribution < 1.29 is 9.53 Å². The van der Waals surface area contributed by atoms with E-state index in [1.807, 2.05) is 67.6 Å². The molecule has 0 aliphatic carbocycles. The highest BCUT2D eigenvalue weighted by atomic mass is 32.2. The quantitative estimate of drug-likeness (QED) is 0.789. The molecule has 0 radical (unpaired) electrons. The fourth-order valence-corrected chi connectivity index (χ4v) is 3.60. The monoisotopic (exact) mass is 284 g/mol. The summed E-state index contributed by atoms with van der Waals surface area (Å²) >= 11 is 1.59. The highest BCUT2D eigenvalue weighted by Gasteiger charge is 2.46. The third kappa shape index (κ3) is 2.59. The minimum atomic E-state index is -0.512. The topological polar surface area (TPSA) is 26.3 Å². The summed E-state index contributed by atoms with van der Waals surface area (Å²) in [4.78, 5) is 13.3. The Morgan fingerprint density at radius 1 is 1.05 bits per heavy atom. The van der Waals surface area contributed by atoms with Crippen molar-refractivity contribution in [1.29, 1.82) is 0 Å². The molecule has 2 nitrogen and oxygen atoms in total. The number of rotatable bonds is 3. The number of cyclic esters (lactones) is 1. The first kappa shape index (κ1) is 13.3. The summed E-state index contributed by atoms with van der Waals surface area (Å²) in [5.41, 5.74) is 1.07. The first-order chi connectivity index (χ1) is 9.67. The molecular weight excluding hydrogens is 268 g/mol. The summed E-state index contributed by atoms with van der Waals surface area (Å²) in [6, 6.07) is 19.9. The summed E-state index contributed by atoms with van der Waals surface area (Å²) in [7, 11) is 0. The molecule has 2 aromatic carbocycles. The van der Waals surface area contributed by atoms with Gasteiger partial charge >= 0.3 is 5.97 Å². The molecule has 3 rings (SSSR count). The van der Waals surface area contributed by atoms with Crippen LogP contribution >= 0.6 is 11.8 Å². The molecule has 102 valence electrons. The first-order valence-corrected chi connectivity index (χ1v) is 7.49. The molecule has 0 spiro atoms. The van der Waals surface area contributed by atoms with Crippen molar-refractivity contribution in [2.75, 3.05) is 0 Å². The standard InChI is InChI=1S/C17H16O2S/c1-17(20-14-10-6-3-7-11-14)12-15(19-16(17)18)13-8-4-2-5-9-13/h2-11,15H,12H2,1H3/t15-,17-/m1/s1. The molecule has 3 heteroatoms. The Bertz CT molecular complexity index is 597. The van der Waals surface area contributed by atoms with Gasteiger partial charge in [0, 0.05) is 11.3 Å². The molecule has 0 bridgehead atoms. The molecule has 2 atom stereocenters. The minimum Gasteiger partial charge on any atom is -0.456 e. The maximum atomic E-state index is 12.2. The van der Waals surface area contributed by atoms with Crippen LogP contribution < -0.4 is 0 Å². The van der Waals surface area contributed by atoms with Gasteiger partial charge in [0.05, 0.1) is 0 Å². The number of esters is 1. The van der Waals surface area contributed by atoms with Crippen molar-refractivity contribution in [3.05, 3.63) is 66.2 Å². The molecule has 0 amide bonds. The van der Waals surface area contributed by atoms with E-state index in [1.165, 1.54) is 0 Å². The predicted molar refractivity (Wildman–Crippen MR) is 80.6 cm³/mol. The average Bonchev–Trinajstić information content (AvgIpc) is 2.77. The van der Waals surface area contributed by atoms with Gasteiger partial charge in [-0.25, -0.2) is 0 Å². The van der Waals surface area contributed by atoms with E-state index in [2.05, 4.69) is 0 Å². The normalized spacial score (nSPS) is 25.4. The summed E-state index contributed by atoms with van der Waals surface area (Å²) in [5.74, 6) is -0.125. The van der Waals surface area contributed by atoms with E-state index in [1.54, 1.807) is 11.8 Å². The second-order valence-corrected chi connectivity index (χ2v) is 6.73. The van der Waals surface area contributed by atoms with Crippen LogP contribution in [0.2, 0.25) is 0 Å². The van der Waals surface area contributed by atoms with Crippen LogP contribution in [0.3, 0.4) is 0 Å². The van der Waals surface area contributed by atoms with Gasteiger partial charge in [-0.3, -0.25) is 4.79 Å².